The zero-order valence-electron chi connectivity index (χ0n) is 8.71. The summed E-state index contributed by atoms with van der Waals surface area (Å²) in [7, 11) is 0. The number of benzene rings is 1. The van der Waals surface area contributed by atoms with Crippen LogP contribution in [0.15, 0.2) is 24.3 Å². The van der Waals surface area contributed by atoms with Crippen LogP contribution in [-0.4, -0.2) is 18.3 Å². The molecule has 1 aliphatic rings. The normalized spacial score (nSPS) is 20.7. The van der Waals surface area contributed by atoms with Gasteiger partial charge in [-0.2, -0.15) is 11.8 Å². The van der Waals surface area contributed by atoms with Gasteiger partial charge in [0.25, 0.3) is 0 Å². The van der Waals surface area contributed by atoms with E-state index in [1.165, 1.54) is 18.9 Å². The molecule has 1 unspecified atom stereocenters. The lowest BCUT2D eigenvalue weighted by Crippen LogP contribution is -2.23. The van der Waals surface area contributed by atoms with E-state index < -0.39 is 0 Å². The van der Waals surface area contributed by atoms with Gasteiger partial charge < -0.3 is 5.32 Å². The summed E-state index contributed by atoms with van der Waals surface area (Å²) >= 11 is 1.88. The van der Waals surface area contributed by atoms with Crippen molar-refractivity contribution in [3.63, 3.8) is 0 Å². The monoisotopic (exact) mass is 225 g/mol. The first-order valence-corrected chi connectivity index (χ1v) is 6.55. The van der Waals surface area contributed by atoms with Gasteiger partial charge in [0.1, 0.15) is 5.82 Å². The Balaban J connectivity index is 1.73. The van der Waals surface area contributed by atoms with E-state index in [4.69, 9.17) is 0 Å². The van der Waals surface area contributed by atoms with Crippen molar-refractivity contribution in [3.8, 4) is 0 Å². The largest absolute Gasteiger partial charge is 0.313 e. The van der Waals surface area contributed by atoms with Crippen molar-refractivity contribution >= 4 is 11.8 Å². The van der Waals surface area contributed by atoms with Gasteiger partial charge in [0.05, 0.1) is 0 Å². The van der Waals surface area contributed by atoms with Crippen LogP contribution in [0.4, 0.5) is 4.39 Å². The lowest BCUT2D eigenvalue weighted by atomic mass is 10.2. The fourth-order valence-electron chi connectivity index (χ4n) is 1.84. The zero-order chi connectivity index (χ0) is 10.5. The van der Waals surface area contributed by atoms with Crippen molar-refractivity contribution in [2.75, 3.05) is 12.3 Å². The maximum Gasteiger partial charge on any atom is 0.123 e. The molecule has 1 N–H and O–H groups in total. The third kappa shape index (κ3) is 3.50. The summed E-state index contributed by atoms with van der Waals surface area (Å²) in [5.41, 5.74) is 1.08. The number of thioether (sulfide) groups is 1. The second kappa shape index (κ2) is 5.52. The fraction of sp³-hybridized carbons (Fsp3) is 0.500. The average molecular weight is 225 g/mol. The molecule has 0 bridgehead atoms. The van der Waals surface area contributed by atoms with Crippen LogP contribution in [0.2, 0.25) is 0 Å². The van der Waals surface area contributed by atoms with E-state index in [0.29, 0.717) is 6.04 Å². The van der Waals surface area contributed by atoms with Crippen LogP contribution in [0.25, 0.3) is 0 Å². The van der Waals surface area contributed by atoms with Gasteiger partial charge in [-0.05, 0) is 37.1 Å². The molecule has 0 spiro atoms. The average Bonchev–Trinajstić information content (AvgIpc) is 2.71. The highest BCUT2D eigenvalue weighted by molar-refractivity contribution is 7.98. The molecule has 1 aliphatic heterocycles. The predicted octanol–water partition coefficient (Wildman–Crippen LogP) is 2.81. The van der Waals surface area contributed by atoms with Gasteiger partial charge in [-0.3, -0.25) is 0 Å². The van der Waals surface area contributed by atoms with Crippen molar-refractivity contribution in [3.05, 3.63) is 35.6 Å². The van der Waals surface area contributed by atoms with Gasteiger partial charge in [-0.15, -0.1) is 0 Å². The first-order chi connectivity index (χ1) is 7.34. The van der Waals surface area contributed by atoms with Crippen molar-refractivity contribution in [1.82, 2.24) is 5.32 Å². The van der Waals surface area contributed by atoms with Crippen LogP contribution in [0.1, 0.15) is 18.4 Å². The van der Waals surface area contributed by atoms with Crippen molar-refractivity contribution in [2.24, 2.45) is 0 Å². The minimum absolute atomic E-state index is 0.132. The second-order valence-corrected chi connectivity index (χ2v) is 4.97. The third-order valence-electron chi connectivity index (χ3n) is 2.64. The van der Waals surface area contributed by atoms with E-state index in [1.54, 1.807) is 12.1 Å². The van der Waals surface area contributed by atoms with E-state index in [0.717, 1.165) is 23.6 Å². The lowest BCUT2D eigenvalue weighted by Gasteiger charge is -2.09. The first kappa shape index (κ1) is 11.0. The molecule has 15 heavy (non-hydrogen) atoms. The van der Waals surface area contributed by atoms with E-state index in [2.05, 4.69) is 5.32 Å². The first-order valence-electron chi connectivity index (χ1n) is 5.40. The summed E-state index contributed by atoms with van der Waals surface area (Å²) in [4.78, 5) is 0. The van der Waals surface area contributed by atoms with E-state index >= 15 is 0 Å². The Morgan fingerprint density at radius 3 is 3.13 bits per heavy atom. The van der Waals surface area contributed by atoms with Gasteiger partial charge in [-0.25, -0.2) is 4.39 Å². The molecule has 2 rings (SSSR count). The predicted molar refractivity (Wildman–Crippen MR) is 63.6 cm³/mol. The molecule has 0 aliphatic carbocycles. The molecular weight excluding hydrogens is 209 g/mol. The third-order valence-corrected chi connectivity index (χ3v) is 3.81. The zero-order valence-corrected chi connectivity index (χ0v) is 9.52. The minimum atomic E-state index is -0.132. The van der Waals surface area contributed by atoms with Crippen LogP contribution < -0.4 is 5.32 Å². The Morgan fingerprint density at radius 1 is 1.47 bits per heavy atom. The number of hydrogen-bond acceptors (Lipinski definition) is 2. The second-order valence-electron chi connectivity index (χ2n) is 3.94. The Bertz CT molecular complexity index is 310. The van der Waals surface area contributed by atoms with Crippen LogP contribution in [0.3, 0.4) is 0 Å². The Hall–Kier alpha value is -0.540. The highest BCUT2D eigenvalue weighted by Crippen LogP contribution is 2.17. The number of halogens is 1. The van der Waals surface area contributed by atoms with E-state index in [-0.39, 0.29) is 5.82 Å². The summed E-state index contributed by atoms with van der Waals surface area (Å²) in [6.45, 7) is 1.16. The van der Waals surface area contributed by atoms with E-state index in [1.807, 2.05) is 17.8 Å². The van der Waals surface area contributed by atoms with Crippen LogP contribution in [0, 0.1) is 5.82 Å². The molecule has 82 valence electrons. The minimum Gasteiger partial charge on any atom is -0.313 e. The Morgan fingerprint density at radius 2 is 2.40 bits per heavy atom. The van der Waals surface area contributed by atoms with Crippen molar-refractivity contribution in [1.29, 1.82) is 0 Å². The molecule has 1 fully saturated rings. The highest BCUT2D eigenvalue weighted by Gasteiger charge is 2.13. The summed E-state index contributed by atoms with van der Waals surface area (Å²) in [6, 6.07) is 7.54. The molecule has 1 nitrogen and oxygen atoms in total. The molecule has 1 saturated heterocycles. The number of rotatable bonds is 4. The molecular formula is C12H16FNS. The van der Waals surface area contributed by atoms with E-state index in [9.17, 15) is 4.39 Å². The molecule has 0 radical (unpaired) electrons. The van der Waals surface area contributed by atoms with Gasteiger partial charge >= 0.3 is 0 Å². The van der Waals surface area contributed by atoms with Crippen molar-refractivity contribution in [2.45, 2.75) is 24.6 Å². The number of hydrogen-bond donors (Lipinski definition) is 1. The molecule has 1 heterocycles. The molecule has 1 aromatic rings. The highest BCUT2D eigenvalue weighted by atomic mass is 32.2. The van der Waals surface area contributed by atoms with Gasteiger partial charge in [0.15, 0.2) is 0 Å². The smallest absolute Gasteiger partial charge is 0.123 e. The van der Waals surface area contributed by atoms with Gasteiger partial charge in [0.2, 0.25) is 0 Å². The van der Waals surface area contributed by atoms with Crippen LogP contribution in [-0.2, 0) is 5.75 Å². The summed E-state index contributed by atoms with van der Waals surface area (Å²) in [5, 5.41) is 3.46. The van der Waals surface area contributed by atoms with Crippen LogP contribution >= 0.6 is 11.8 Å². The van der Waals surface area contributed by atoms with Crippen molar-refractivity contribution < 1.29 is 4.39 Å². The maximum atomic E-state index is 12.9. The molecule has 0 aromatic heterocycles. The standard InChI is InChI=1S/C12H16FNS/c13-11-4-1-3-10(7-11)8-15-9-12-5-2-6-14-12/h1,3-4,7,12,14H,2,5-6,8-9H2. The molecule has 1 aromatic carbocycles. The Kier molecular flexibility index (Phi) is 4.03. The lowest BCUT2D eigenvalue weighted by molar-refractivity contribution is 0.626. The quantitative estimate of drug-likeness (QED) is 0.845. The van der Waals surface area contributed by atoms with Crippen LogP contribution in [0.5, 0.6) is 0 Å². The maximum absolute atomic E-state index is 12.9. The SMILES string of the molecule is Fc1cccc(CSCC2CCCN2)c1. The van der Waals surface area contributed by atoms with Gasteiger partial charge in [-0.1, -0.05) is 12.1 Å². The Labute approximate surface area is 94.5 Å². The number of nitrogens with one attached hydrogen (secondary N) is 1. The molecule has 1 atom stereocenters. The molecule has 3 heteroatoms. The summed E-state index contributed by atoms with van der Waals surface area (Å²) < 4.78 is 12.9. The summed E-state index contributed by atoms with van der Waals surface area (Å²) in [6.07, 6.45) is 2.58. The molecule has 0 amide bonds. The fourth-order valence-corrected chi connectivity index (χ4v) is 2.95. The van der Waals surface area contributed by atoms with Gasteiger partial charge in [0, 0.05) is 17.5 Å². The topological polar surface area (TPSA) is 12.0 Å². The summed E-state index contributed by atoms with van der Waals surface area (Å²) in [5.74, 6) is 1.92. The molecule has 0 saturated carbocycles.